The first-order chi connectivity index (χ1) is 9.66. The van der Waals surface area contributed by atoms with Gasteiger partial charge in [0.25, 0.3) is 0 Å². The number of hydrogen-bond acceptors (Lipinski definition) is 4. The van der Waals surface area contributed by atoms with E-state index in [0.717, 1.165) is 0 Å². The van der Waals surface area contributed by atoms with E-state index in [-0.39, 0.29) is 13.1 Å². The van der Waals surface area contributed by atoms with E-state index < -0.39 is 29.1 Å². The normalized spacial score (nSPS) is 25.1. The standard InChI is InChI=1S/C13H20N4O4/c1-5-6-9-7-17(11(20)21-12(2,3)4)8-13(9,10(18)19)15-16-14/h5,9H,1,6-8H2,2-4H3,(H,18,19)/t9-,13-/m0/s1. The number of nitrogens with zero attached hydrogens (tertiary/aromatic N) is 4. The van der Waals surface area contributed by atoms with Crippen molar-refractivity contribution in [2.24, 2.45) is 11.0 Å². The minimum Gasteiger partial charge on any atom is -0.481 e. The van der Waals surface area contributed by atoms with Gasteiger partial charge in [0, 0.05) is 23.9 Å². The molecule has 116 valence electrons. The largest absolute Gasteiger partial charge is 0.481 e. The molecule has 1 heterocycles. The quantitative estimate of drug-likeness (QED) is 0.371. The van der Waals surface area contributed by atoms with Crippen molar-refractivity contribution in [2.75, 3.05) is 13.1 Å². The first-order valence-electron chi connectivity index (χ1n) is 6.54. The van der Waals surface area contributed by atoms with Crippen LogP contribution in [-0.2, 0) is 9.53 Å². The smallest absolute Gasteiger partial charge is 0.410 e. The highest BCUT2D eigenvalue weighted by molar-refractivity contribution is 5.82. The van der Waals surface area contributed by atoms with Gasteiger partial charge in [-0.05, 0) is 32.7 Å². The number of likely N-dealkylation sites (tertiary alicyclic amines) is 1. The van der Waals surface area contributed by atoms with Gasteiger partial charge in [-0.15, -0.1) is 6.58 Å². The summed E-state index contributed by atoms with van der Waals surface area (Å²) < 4.78 is 5.23. The number of carbonyl (C=O) groups excluding carboxylic acids is 1. The predicted molar refractivity (Wildman–Crippen MR) is 75.6 cm³/mol. The number of ether oxygens (including phenoxy) is 1. The lowest BCUT2D eigenvalue weighted by Gasteiger charge is -2.25. The summed E-state index contributed by atoms with van der Waals surface area (Å²) >= 11 is 0. The minimum atomic E-state index is -1.68. The highest BCUT2D eigenvalue weighted by atomic mass is 16.6. The lowest BCUT2D eigenvalue weighted by molar-refractivity contribution is -0.144. The third-order valence-corrected chi connectivity index (χ3v) is 3.24. The zero-order chi connectivity index (χ0) is 16.3. The van der Waals surface area contributed by atoms with Gasteiger partial charge in [-0.3, -0.25) is 4.79 Å². The van der Waals surface area contributed by atoms with Crippen LogP contribution in [0.2, 0.25) is 0 Å². The number of aliphatic carboxylic acids is 1. The van der Waals surface area contributed by atoms with E-state index in [1.54, 1.807) is 26.8 Å². The first-order valence-corrected chi connectivity index (χ1v) is 6.54. The Morgan fingerprint density at radius 1 is 1.62 bits per heavy atom. The zero-order valence-electron chi connectivity index (χ0n) is 12.4. The number of carboxylic acids is 1. The summed E-state index contributed by atoms with van der Waals surface area (Å²) in [4.78, 5) is 27.6. The molecule has 0 aliphatic carbocycles. The summed E-state index contributed by atoms with van der Waals surface area (Å²) in [6, 6.07) is 0. The molecule has 1 amide bonds. The molecular formula is C13H20N4O4. The van der Waals surface area contributed by atoms with Crippen molar-refractivity contribution in [3.8, 4) is 0 Å². The Bertz CT molecular complexity index is 489. The second-order valence-corrected chi connectivity index (χ2v) is 6.00. The number of allylic oxidation sites excluding steroid dienone is 1. The molecular weight excluding hydrogens is 276 g/mol. The lowest BCUT2D eigenvalue weighted by atomic mass is 9.85. The van der Waals surface area contributed by atoms with Gasteiger partial charge in [0.05, 0.1) is 0 Å². The predicted octanol–water partition coefficient (Wildman–Crippen LogP) is 2.56. The van der Waals surface area contributed by atoms with Crippen LogP contribution in [0.4, 0.5) is 4.79 Å². The van der Waals surface area contributed by atoms with E-state index in [2.05, 4.69) is 16.6 Å². The van der Waals surface area contributed by atoms with Crippen molar-refractivity contribution in [1.29, 1.82) is 0 Å². The van der Waals surface area contributed by atoms with Crippen molar-refractivity contribution in [3.05, 3.63) is 23.1 Å². The van der Waals surface area contributed by atoms with Crippen LogP contribution < -0.4 is 0 Å². The summed E-state index contributed by atoms with van der Waals surface area (Å²) in [5, 5.41) is 12.9. The first kappa shape index (κ1) is 16.8. The number of amides is 1. The Morgan fingerprint density at radius 2 is 2.24 bits per heavy atom. The fourth-order valence-corrected chi connectivity index (χ4v) is 2.32. The van der Waals surface area contributed by atoms with Crippen molar-refractivity contribution in [2.45, 2.75) is 38.3 Å². The second kappa shape index (κ2) is 6.05. The van der Waals surface area contributed by atoms with Gasteiger partial charge >= 0.3 is 12.1 Å². The number of carboxylic acid groups (broad SMARTS) is 1. The van der Waals surface area contributed by atoms with Crippen molar-refractivity contribution in [1.82, 2.24) is 4.90 Å². The number of carbonyl (C=O) groups is 2. The second-order valence-electron chi connectivity index (χ2n) is 6.00. The molecule has 0 aromatic carbocycles. The van der Waals surface area contributed by atoms with E-state index in [4.69, 9.17) is 10.3 Å². The SMILES string of the molecule is C=CC[C@H]1CN(C(=O)OC(C)(C)C)C[C@@]1(N=[N+]=[N-])C(=O)O. The summed E-state index contributed by atoms with van der Waals surface area (Å²) in [5.41, 5.74) is 6.31. The molecule has 8 heteroatoms. The monoisotopic (exact) mass is 296 g/mol. The van der Waals surface area contributed by atoms with Gasteiger partial charge in [0.15, 0.2) is 5.54 Å². The van der Waals surface area contributed by atoms with Crippen LogP contribution in [0.5, 0.6) is 0 Å². The lowest BCUT2D eigenvalue weighted by Crippen LogP contribution is -2.45. The van der Waals surface area contributed by atoms with E-state index >= 15 is 0 Å². The molecule has 0 spiro atoms. The van der Waals surface area contributed by atoms with Gasteiger partial charge in [-0.1, -0.05) is 11.2 Å². The van der Waals surface area contributed by atoms with E-state index in [0.29, 0.717) is 6.42 Å². The average molecular weight is 296 g/mol. The van der Waals surface area contributed by atoms with E-state index in [1.807, 2.05) is 0 Å². The number of azide groups is 1. The topological polar surface area (TPSA) is 116 Å². The number of rotatable bonds is 4. The summed E-state index contributed by atoms with van der Waals surface area (Å²) in [6.07, 6.45) is 1.26. The fourth-order valence-electron chi connectivity index (χ4n) is 2.32. The molecule has 2 atom stereocenters. The molecule has 1 rings (SSSR count). The fraction of sp³-hybridized carbons (Fsp3) is 0.692. The maximum absolute atomic E-state index is 12.1. The Labute approximate surface area is 123 Å². The van der Waals surface area contributed by atoms with Crippen LogP contribution in [-0.4, -0.2) is 46.3 Å². The summed E-state index contributed by atoms with van der Waals surface area (Å²) in [6.45, 7) is 8.68. The Morgan fingerprint density at radius 3 is 2.67 bits per heavy atom. The van der Waals surface area contributed by atoms with Crippen LogP contribution in [0.1, 0.15) is 27.2 Å². The molecule has 0 bridgehead atoms. The van der Waals surface area contributed by atoms with Crippen LogP contribution in [0.3, 0.4) is 0 Å². The molecule has 0 aromatic rings. The van der Waals surface area contributed by atoms with E-state index in [9.17, 15) is 14.7 Å². The molecule has 1 N–H and O–H groups in total. The molecule has 1 fully saturated rings. The Kier molecular flexibility index (Phi) is 4.85. The summed E-state index contributed by atoms with van der Waals surface area (Å²) in [7, 11) is 0. The van der Waals surface area contributed by atoms with Gasteiger partial charge in [0.2, 0.25) is 0 Å². The highest BCUT2D eigenvalue weighted by Crippen LogP contribution is 2.35. The molecule has 0 saturated carbocycles. The Hall–Kier alpha value is -2.21. The molecule has 0 radical (unpaired) electrons. The average Bonchev–Trinajstić information content (AvgIpc) is 2.69. The van der Waals surface area contributed by atoms with Crippen LogP contribution in [0, 0.1) is 5.92 Å². The van der Waals surface area contributed by atoms with Crippen LogP contribution in [0.15, 0.2) is 17.8 Å². The number of hydrogen-bond donors (Lipinski definition) is 1. The van der Waals surface area contributed by atoms with Crippen molar-refractivity contribution >= 4 is 12.1 Å². The maximum atomic E-state index is 12.1. The maximum Gasteiger partial charge on any atom is 0.410 e. The third-order valence-electron chi connectivity index (χ3n) is 3.24. The van der Waals surface area contributed by atoms with Crippen molar-refractivity contribution < 1.29 is 19.4 Å². The molecule has 8 nitrogen and oxygen atoms in total. The Balaban J connectivity index is 3.06. The van der Waals surface area contributed by atoms with Gasteiger partial charge in [-0.2, -0.15) is 0 Å². The third kappa shape index (κ3) is 3.66. The molecule has 1 aliphatic heterocycles. The van der Waals surface area contributed by atoms with Gasteiger partial charge in [0.1, 0.15) is 5.60 Å². The molecule has 1 saturated heterocycles. The molecule has 21 heavy (non-hydrogen) atoms. The highest BCUT2D eigenvalue weighted by Gasteiger charge is 2.53. The van der Waals surface area contributed by atoms with Crippen LogP contribution in [0.25, 0.3) is 10.4 Å². The van der Waals surface area contributed by atoms with Crippen molar-refractivity contribution in [3.63, 3.8) is 0 Å². The zero-order valence-corrected chi connectivity index (χ0v) is 12.4. The van der Waals surface area contributed by atoms with E-state index in [1.165, 1.54) is 4.90 Å². The summed E-state index contributed by atoms with van der Waals surface area (Å²) in [5.74, 6) is -1.78. The molecule has 0 aromatic heterocycles. The van der Waals surface area contributed by atoms with Crippen LogP contribution >= 0.6 is 0 Å². The minimum absolute atomic E-state index is 0.145. The molecule has 0 unspecified atom stereocenters. The van der Waals surface area contributed by atoms with Gasteiger partial charge in [-0.25, -0.2) is 4.79 Å². The van der Waals surface area contributed by atoms with Gasteiger partial charge < -0.3 is 14.7 Å². The molecule has 1 aliphatic rings.